The maximum Gasteiger partial charge on any atom is 0.162 e. The number of aliphatic hydroxyl groups is 1. The molecule has 5 heteroatoms. The molecule has 0 atom stereocenters. The quantitative estimate of drug-likeness (QED) is 0.921. The molecule has 4 nitrogen and oxygen atoms in total. The third-order valence-corrected chi connectivity index (χ3v) is 4.27. The second-order valence-corrected chi connectivity index (χ2v) is 5.70. The lowest BCUT2D eigenvalue weighted by Crippen LogP contribution is -2.60. The van der Waals surface area contributed by atoms with Crippen LogP contribution in [0, 0.1) is 0 Å². The molecule has 1 aliphatic rings. The van der Waals surface area contributed by atoms with Crippen LogP contribution in [0.4, 0.5) is 0 Å². The monoisotopic (exact) mass is 264 g/mol. The third kappa shape index (κ3) is 2.21. The minimum atomic E-state index is -0.472. The van der Waals surface area contributed by atoms with Gasteiger partial charge in [0.25, 0.3) is 0 Å². The maximum absolute atomic E-state index is 9.95. The average Bonchev–Trinajstić information content (AvgIpc) is 2.96. The first-order chi connectivity index (χ1) is 8.68. The molecule has 1 saturated heterocycles. The molecule has 0 saturated carbocycles. The highest BCUT2D eigenvalue weighted by Gasteiger charge is 2.39. The van der Waals surface area contributed by atoms with Gasteiger partial charge in [-0.1, -0.05) is 6.92 Å². The Morgan fingerprint density at radius 3 is 3.06 bits per heavy atom. The van der Waals surface area contributed by atoms with Gasteiger partial charge in [-0.2, -0.15) is 0 Å². The van der Waals surface area contributed by atoms with Crippen LogP contribution in [-0.2, 0) is 6.54 Å². The largest absolute Gasteiger partial charge is 0.462 e. The number of β-amino-alcohol motifs (C(OH)–C–C–N with tert-alkyl or cyclic N) is 1. The summed E-state index contributed by atoms with van der Waals surface area (Å²) in [6, 6.07) is 3.79. The van der Waals surface area contributed by atoms with Crippen LogP contribution in [0.5, 0.6) is 0 Å². The molecule has 0 aliphatic carbocycles. The Hall–Kier alpha value is -1.17. The van der Waals surface area contributed by atoms with Crippen LogP contribution >= 0.6 is 11.3 Å². The predicted octanol–water partition coefficient (Wildman–Crippen LogP) is 2.36. The highest BCUT2D eigenvalue weighted by atomic mass is 32.1. The molecule has 2 aromatic heterocycles. The van der Waals surface area contributed by atoms with Gasteiger partial charge in [-0.05, 0) is 18.6 Å². The summed E-state index contributed by atoms with van der Waals surface area (Å²) in [5.74, 6) is 0.819. The number of furan rings is 1. The Morgan fingerprint density at radius 2 is 2.39 bits per heavy atom. The van der Waals surface area contributed by atoms with Gasteiger partial charge in [-0.3, -0.25) is 4.90 Å². The molecule has 1 fully saturated rings. The van der Waals surface area contributed by atoms with E-state index in [1.165, 1.54) is 0 Å². The molecule has 3 heterocycles. The molecule has 0 spiro atoms. The SMILES string of the molecule is CCC1(O)CN(Cc2csc(-c3ccco3)n2)C1. The van der Waals surface area contributed by atoms with Crippen LogP contribution in [0.2, 0.25) is 0 Å². The van der Waals surface area contributed by atoms with Crippen molar-refractivity contribution in [1.29, 1.82) is 0 Å². The molecule has 0 bridgehead atoms. The van der Waals surface area contributed by atoms with Crippen molar-refractivity contribution in [2.45, 2.75) is 25.5 Å². The molecule has 1 N–H and O–H groups in total. The molecule has 0 aromatic carbocycles. The van der Waals surface area contributed by atoms with E-state index < -0.39 is 5.60 Å². The normalized spacial score (nSPS) is 18.8. The number of thiazole rings is 1. The second kappa shape index (κ2) is 4.50. The van der Waals surface area contributed by atoms with Crippen LogP contribution in [0.15, 0.2) is 28.2 Å². The van der Waals surface area contributed by atoms with Crippen LogP contribution in [0.3, 0.4) is 0 Å². The van der Waals surface area contributed by atoms with Crippen LogP contribution < -0.4 is 0 Å². The van der Waals surface area contributed by atoms with E-state index in [-0.39, 0.29) is 0 Å². The van der Waals surface area contributed by atoms with E-state index in [2.05, 4.69) is 15.3 Å². The summed E-state index contributed by atoms with van der Waals surface area (Å²) in [5.41, 5.74) is 0.574. The maximum atomic E-state index is 9.95. The number of likely N-dealkylation sites (tertiary alicyclic amines) is 1. The summed E-state index contributed by atoms with van der Waals surface area (Å²) in [7, 11) is 0. The van der Waals surface area contributed by atoms with E-state index in [4.69, 9.17) is 4.42 Å². The van der Waals surface area contributed by atoms with Crippen LogP contribution in [0.25, 0.3) is 10.8 Å². The van der Waals surface area contributed by atoms with Crippen LogP contribution in [-0.4, -0.2) is 33.7 Å². The van der Waals surface area contributed by atoms with Gasteiger partial charge in [0.05, 0.1) is 17.6 Å². The lowest BCUT2D eigenvalue weighted by Gasteiger charge is -2.45. The Morgan fingerprint density at radius 1 is 1.56 bits per heavy atom. The predicted molar refractivity (Wildman–Crippen MR) is 70.3 cm³/mol. The Labute approximate surface area is 110 Å². The zero-order chi connectivity index (χ0) is 12.6. The summed E-state index contributed by atoms with van der Waals surface area (Å²) in [6.45, 7) is 4.32. The Bertz CT molecular complexity index is 515. The standard InChI is InChI=1S/C13H16N2O2S/c1-2-13(16)8-15(9-13)6-10-7-18-12(14-10)11-4-3-5-17-11/h3-5,7,16H,2,6,8-9H2,1H3. The van der Waals surface area contributed by atoms with Gasteiger partial charge in [-0.25, -0.2) is 4.98 Å². The first kappa shape index (κ1) is 11.9. The lowest BCUT2D eigenvalue weighted by molar-refractivity contribution is -0.103. The van der Waals surface area contributed by atoms with Gasteiger partial charge in [0.15, 0.2) is 10.8 Å². The minimum Gasteiger partial charge on any atom is -0.462 e. The fourth-order valence-electron chi connectivity index (χ4n) is 2.24. The lowest BCUT2D eigenvalue weighted by atomic mass is 9.91. The van der Waals surface area contributed by atoms with E-state index in [1.54, 1.807) is 17.6 Å². The molecule has 0 radical (unpaired) electrons. The van der Waals surface area contributed by atoms with E-state index in [0.29, 0.717) is 0 Å². The van der Waals surface area contributed by atoms with Crippen molar-refractivity contribution in [1.82, 2.24) is 9.88 Å². The molecule has 0 amide bonds. The first-order valence-electron chi connectivity index (χ1n) is 6.11. The highest BCUT2D eigenvalue weighted by molar-refractivity contribution is 7.13. The summed E-state index contributed by atoms with van der Waals surface area (Å²) >= 11 is 1.60. The van der Waals surface area contributed by atoms with Gasteiger partial charge in [0, 0.05) is 25.0 Å². The van der Waals surface area contributed by atoms with Gasteiger partial charge in [-0.15, -0.1) is 11.3 Å². The van der Waals surface area contributed by atoms with E-state index in [1.807, 2.05) is 19.1 Å². The topological polar surface area (TPSA) is 49.5 Å². The molecule has 0 unspecified atom stereocenters. The Kier molecular flexibility index (Phi) is 2.97. The second-order valence-electron chi connectivity index (χ2n) is 4.84. The van der Waals surface area contributed by atoms with Gasteiger partial charge < -0.3 is 9.52 Å². The molecular formula is C13H16N2O2S. The zero-order valence-electron chi connectivity index (χ0n) is 10.3. The molecular weight excluding hydrogens is 248 g/mol. The average molecular weight is 264 g/mol. The fraction of sp³-hybridized carbons (Fsp3) is 0.462. The summed E-state index contributed by atoms with van der Waals surface area (Å²) in [4.78, 5) is 6.76. The van der Waals surface area contributed by atoms with Crippen molar-refractivity contribution in [3.63, 3.8) is 0 Å². The van der Waals surface area contributed by atoms with Gasteiger partial charge in [0.2, 0.25) is 0 Å². The minimum absolute atomic E-state index is 0.472. The molecule has 2 aromatic rings. The molecule has 18 heavy (non-hydrogen) atoms. The fourth-order valence-corrected chi connectivity index (χ4v) is 3.02. The number of hydrogen-bond donors (Lipinski definition) is 1. The van der Waals surface area contributed by atoms with E-state index in [9.17, 15) is 5.11 Å². The van der Waals surface area contributed by atoms with E-state index >= 15 is 0 Å². The van der Waals surface area contributed by atoms with E-state index in [0.717, 1.165) is 42.5 Å². The summed E-state index contributed by atoms with van der Waals surface area (Å²) in [6.07, 6.45) is 2.48. The number of rotatable bonds is 4. The zero-order valence-corrected chi connectivity index (χ0v) is 11.1. The van der Waals surface area contributed by atoms with Gasteiger partial charge >= 0.3 is 0 Å². The highest BCUT2D eigenvalue weighted by Crippen LogP contribution is 2.28. The van der Waals surface area contributed by atoms with Crippen molar-refractivity contribution < 1.29 is 9.52 Å². The smallest absolute Gasteiger partial charge is 0.162 e. The van der Waals surface area contributed by atoms with Crippen molar-refractivity contribution in [3.05, 3.63) is 29.5 Å². The van der Waals surface area contributed by atoms with Gasteiger partial charge in [0.1, 0.15) is 0 Å². The summed E-state index contributed by atoms with van der Waals surface area (Å²) in [5, 5.41) is 12.9. The van der Waals surface area contributed by atoms with Crippen molar-refractivity contribution >= 4 is 11.3 Å². The number of hydrogen-bond acceptors (Lipinski definition) is 5. The van der Waals surface area contributed by atoms with Crippen molar-refractivity contribution in [3.8, 4) is 10.8 Å². The van der Waals surface area contributed by atoms with Crippen molar-refractivity contribution in [2.75, 3.05) is 13.1 Å². The molecule has 1 aliphatic heterocycles. The molecule has 96 valence electrons. The molecule has 3 rings (SSSR count). The Balaban J connectivity index is 1.62. The third-order valence-electron chi connectivity index (χ3n) is 3.36. The van der Waals surface area contributed by atoms with Crippen LogP contribution in [0.1, 0.15) is 19.0 Å². The summed E-state index contributed by atoms with van der Waals surface area (Å²) < 4.78 is 5.32. The van der Waals surface area contributed by atoms with Crippen molar-refractivity contribution in [2.24, 2.45) is 0 Å². The number of aromatic nitrogens is 1. The number of nitrogens with zero attached hydrogens (tertiary/aromatic N) is 2. The first-order valence-corrected chi connectivity index (χ1v) is 6.99.